The van der Waals surface area contributed by atoms with E-state index in [9.17, 15) is 19.2 Å². The summed E-state index contributed by atoms with van der Waals surface area (Å²) >= 11 is 0. The van der Waals surface area contributed by atoms with Crippen LogP contribution in [0.5, 0.6) is 11.5 Å². The molecule has 0 spiro atoms. The Balaban J connectivity index is 1.38. The molecule has 3 aromatic carbocycles. The minimum absolute atomic E-state index is 0.153. The molecule has 0 amide bonds. The third-order valence-corrected chi connectivity index (χ3v) is 6.58. The molecule has 0 N–H and O–H groups in total. The van der Waals surface area contributed by atoms with E-state index < -0.39 is 36.1 Å². The normalized spacial score (nSPS) is 11.9. The van der Waals surface area contributed by atoms with Gasteiger partial charge in [-0.2, -0.15) is 0 Å². The lowest BCUT2D eigenvalue weighted by molar-refractivity contribution is 0.00421. The zero-order chi connectivity index (χ0) is 33.3. The topological polar surface area (TPSA) is 124 Å². The van der Waals surface area contributed by atoms with E-state index in [0.29, 0.717) is 35.8 Å². The van der Waals surface area contributed by atoms with E-state index in [1.165, 1.54) is 24.3 Å². The molecule has 0 radical (unpaired) electrons. The number of esters is 4. The third-order valence-electron chi connectivity index (χ3n) is 6.58. The van der Waals surface area contributed by atoms with Gasteiger partial charge in [0.15, 0.2) is 0 Å². The first-order valence-electron chi connectivity index (χ1n) is 15.5. The number of carbonyl (C=O) groups excluding carboxylic acids is 4. The SMILES string of the molecule is CCCCOc1ccc(C(=O)OC(C)COC(=O)c2ccc(C(=O)OCC(C)OC(=O)c3ccc(OCCCC)cc3)cc2)cc1. The minimum atomic E-state index is -0.689. The van der Waals surface area contributed by atoms with Crippen molar-refractivity contribution in [2.45, 2.75) is 65.6 Å². The first-order valence-corrected chi connectivity index (χ1v) is 15.5. The van der Waals surface area contributed by atoms with Crippen molar-refractivity contribution in [2.24, 2.45) is 0 Å². The molecule has 3 rings (SSSR count). The second-order valence-corrected chi connectivity index (χ2v) is 10.7. The molecule has 2 atom stereocenters. The number of ether oxygens (including phenoxy) is 6. The fourth-order valence-corrected chi connectivity index (χ4v) is 3.91. The molecule has 0 saturated heterocycles. The molecule has 10 heteroatoms. The highest BCUT2D eigenvalue weighted by atomic mass is 16.6. The van der Waals surface area contributed by atoms with Crippen molar-refractivity contribution in [1.29, 1.82) is 0 Å². The summed E-state index contributed by atoms with van der Waals surface area (Å²) in [6, 6.07) is 19.0. The highest BCUT2D eigenvalue weighted by molar-refractivity contribution is 5.93. The van der Waals surface area contributed by atoms with Crippen molar-refractivity contribution in [3.8, 4) is 11.5 Å². The molecule has 46 heavy (non-hydrogen) atoms. The highest BCUT2D eigenvalue weighted by Gasteiger charge is 2.18. The zero-order valence-corrected chi connectivity index (χ0v) is 26.8. The average Bonchev–Trinajstić information content (AvgIpc) is 3.07. The third kappa shape index (κ3) is 11.9. The molecule has 246 valence electrons. The van der Waals surface area contributed by atoms with E-state index in [0.717, 1.165) is 25.7 Å². The molecule has 0 aliphatic heterocycles. The second-order valence-electron chi connectivity index (χ2n) is 10.7. The van der Waals surface area contributed by atoms with Crippen LogP contribution in [0.2, 0.25) is 0 Å². The molecule has 3 aromatic rings. The predicted octanol–water partition coefficient (Wildman–Crippen LogP) is 6.85. The van der Waals surface area contributed by atoms with Gasteiger partial charge in [-0.1, -0.05) is 26.7 Å². The van der Waals surface area contributed by atoms with Gasteiger partial charge < -0.3 is 28.4 Å². The van der Waals surface area contributed by atoms with E-state index in [1.807, 2.05) is 0 Å². The van der Waals surface area contributed by atoms with Crippen LogP contribution in [0.1, 0.15) is 94.8 Å². The van der Waals surface area contributed by atoms with Gasteiger partial charge in [-0.3, -0.25) is 0 Å². The molecule has 2 unspecified atom stereocenters. The van der Waals surface area contributed by atoms with E-state index in [1.54, 1.807) is 62.4 Å². The number of benzene rings is 3. The van der Waals surface area contributed by atoms with Gasteiger partial charge in [-0.05, 0) is 99.5 Å². The van der Waals surface area contributed by atoms with Crippen molar-refractivity contribution in [3.05, 3.63) is 95.1 Å². The number of hydrogen-bond donors (Lipinski definition) is 0. The number of unbranched alkanes of at least 4 members (excludes halogenated alkanes) is 2. The maximum absolute atomic E-state index is 12.5. The Morgan fingerprint density at radius 1 is 0.500 bits per heavy atom. The van der Waals surface area contributed by atoms with E-state index in [-0.39, 0.29) is 24.3 Å². The fourth-order valence-electron chi connectivity index (χ4n) is 3.91. The summed E-state index contributed by atoms with van der Waals surface area (Å²) in [4.78, 5) is 49.8. The summed E-state index contributed by atoms with van der Waals surface area (Å²) in [7, 11) is 0. The number of rotatable bonds is 18. The Labute approximate surface area is 269 Å². The molecule has 10 nitrogen and oxygen atoms in total. The molecule has 0 heterocycles. The van der Waals surface area contributed by atoms with Crippen molar-refractivity contribution in [3.63, 3.8) is 0 Å². The molecule has 0 aromatic heterocycles. The highest BCUT2D eigenvalue weighted by Crippen LogP contribution is 2.16. The zero-order valence-electron chi connectivity index (χ0n) is 26.8. The minimum Gasteiger partial charge on any atom is -0.494 e. The van der Waals surface area contributed by atoms with E-state index in [4.69, 9.17) is 28.4 Å². The molecule has 0 saturated carbocycles. The van der Waals surface area contributed by atoms with Crippen molar-refractivity contribution in [1.82, 2.24) is 0 Å². The Hall–Kier alpha value is -4.86. The molecular weight excluding hydrogens is 592 g/mol. The molecule has 0 aliphatic rings. The lowest BCUT2D eigenvalue weighted by Crippen LogP contribution is -2.23. The van der Waals surface area contributed by atoms with Gasteiger partial charge in [0.05, 0.1) is 35.5 Å². The summed E-state index contributed by atoms with van der Waals surface area (Å²) in [6.45, 7) is 8.31. The smallest absolute Gasteiger partial charge is 0.338 e. The monoisotopic (exact) mass is 634 g/mol. The maximum Gasteiger partial charge on any atom is 0.338 e. The first-order chi connectivity index (χ1) is 22.2. The van der Waals surface area contributed by atoms with Crippen LogP contribution >= 0.6 is 0 Å². The summed E-state index contributed by atoms with van der Waals surface area (Å²) in [5.41, 5.74) is 1.12. The predicted molar refractivity (Wildman–Crippen MR) is 170 cm³/mol. The van der Waals surface area contributed by atoms with E-state index >= 15 is 0 Å². The average molecular weight is 635 g/mol. The van der Waals surface area contributed by atoms with Gasteiger partial charge in [0.25, 0.3) is 0 Å². The van der Waals surface area contributed by atoms with Gasteiger partial charge in [-0.15, -0.1) is 0 Å². The molecule has 0 aliphatic carbocycles. The van der Waals surface area contributed by atoms with E-state index in [2.05, 4.69) is 13.8 Å². The first kappa shape index (κ1) is 35.6. The van der Waals surface area contributed by atoms with Crippen molar-refractivity contribution < 1.29 is 47.6 Å². The Kier molecular flexibility index (Phi) is 14.6. The summed E-state index contributed by atoms with van der Waals surface area (Å²) in [5, 5.41) is 0. The summed E-state index contributed by atoms with van der Waals surface area (Å²) in [5.74, 6) is -1.02. The lowest BCUT2D eigenvalue weighted by atomic mass is 10.1. The van der Waals surface area contributed by atoms with Crippen LogP contribution in [-0.2, 0) is 18.9 Å². The molecule has 0 fully saturated rings. The number of hydrogen-bond acceptors (Lipinski definition) is 10. The molecular formula is C36H42O10. The van der Waals surface area contributed by atoms with Gasteiger partial charge in [-0.25, -0.2) is 19.2 Å². The van der Waals surface area contributed by atoms with Crippen LogP contribution in [0.15, 0.2) is 72.8 Å². The van der Waals surface area contributed by atoms with Crippen LogP contribution in [0.3, 0.4) is 0 Å². The van der Waals surface area contributed by atoms with Crippen LogP contribution in [-0.4, -0.2) is 62.5 Å². The summed E-state index contributed by atoms with van der Waals surface area (Å²) < 4.78 is 32.5. The van der Waals surface area contributed by atoms with Crippen LogP contribution in [0.4, 0.5) is 0 Å². The van der Waals surface area contributed by atoms with Gasteiger partial charge in [0.2, 0.25) is 0 Å². The van der Waals surface area contributed by atoms with Gasteiger partial charge in [0.1, 0.15) is 36.9 Å². The van der Waals surface area contributed by atoms with Gasteiger partial charge >= 0.3 is 23.9 Å². The Morgan fingerprint density at radius 2 is 0.804 bits per heavy atom. The van der Waals surface area contributed by atoms with Gasteiger partial charge in [0, 0.05) is 0 Å². The Bertz CT molecular complexity index is 1290. The van der Waals surface area contributed by atoms with Crippen molar-refractivity contribution >= 4 is 23.9 Å². The standard InChI is InChI=1S/C36H42O10/c1-5-7-21-41-31-17-13-29(14-18-31)35(39)45-25(3)23-43-33(37)27-9-11-28(12-10-27)34(38)44-24-26(4)46-36(40)30-15-19-32(20-16-30)42-22-8-6-2/h9-20,25-26H,5-8,21-24H2,1-4H3. The van der Waals surface area contributed by atoms with Crippen LogP contribution in [0.25, 0.3) is 0 Å². The summed E-state index contributed by atoms with van der Waals surface area (Å²) in [6.07, 6.45) is 2.58. The van der Waals surface area contributed by atoms with Crippen molar-refractivity contribution in [2.75, 3.05) is 26.4 Å². The second kappa shape index (κ2) is 18.8. The quantitative estimate of drug-likeness (QED) is 0.0834. The fraction of sp³-hybridized carbons (Fsp3) is 0.389. The van der Waals surface area contributed by atoms with Crippen LogP contribution in [0, 0.1) is 0 Å². The largest absolute Gasteiger partial charge is 0.494 e. The molecule has 0 bridgehead atoms. The van der Waals surface area contributed by atoms with Crippen LogP contribution < -0.4 is 9.47 Å². The lowest BCUT2D eigenvalue weighted by Gasteiger charge is -2.15. The maximum atomic E-state index is 12.5. The Morgan fingerprint density at radius 3 is 1.13 bits per heavy atom. The number of carbonyl (C=O) groups is 4.